The molecule has 3 heterocycles. The number of sulfonamides is 1. The van der Waals surface area contributed by atoms with Crippen molar-refractivity contribution in [2.75, 3.05) is 6.54 Å². The van der Waals surface area contributed by atoms with Gasteiger partial charge in [-0.15, -0.1) is 11.3 Å². The Balaban J connectivity index is 1.79. The molecule has 0 aliphatic heterocycles. The summed E-state index contributed by atoms with van der Waals surface area (Å²) in [6.07, 6.45) is 3.85. The fourth-order valence-corrected chi connectivity index (χ4v) is 4.49. The summed E-state index contributed by atoms with van der Waals surface area (Å²) in [5.74, 6) is 0. The van der Waals surface area contributed by atoms with Crippen LogP contribution in [0.25, 0.3) is 4.96 Å². The molecule has 0 fully saturated rings. The van der Waals surface area contributed by atoms with E-state index in [0.29, 0.717) is 11.4 Å². The molecule has 0 saturated carbocycles. The normalized spacial score (nSPS) is 12.3. The van der Waals surface area contributed by atoms with Crippen LogP contribution in [-0.2, 0) is 23.5 Å². The van der Waals surface area contributed by atoms with Crippen LogP contribution in [0.15, 0.2) is 28.9 Å². The molecule has 0 bridgehead atoms. The third-order valence-electron chi connectivity index (χ3n) is 3.03. The second kappa shape index (κ2) is 5.41. The maximum atomic E-state index is 12.4. The number of nitrogens with one attached hydrogen (secondary N) is 1. The zero-order valence-electron chi connectivity index (χ0n) is 11.0. The second-order valence-electron chi connectivity index (χ2n) is 4.36. The van der Waals surface area contributed by atoms with Gasteiger partial charge in [0.1, 0.15) is 0 Å². The molecule has 0 aliphatic rings. The lowest BCUT2D eigenvalue weighted by molar-refractivity contribution is 0.575. The van der Waals surface area contributed by atoms with Crippen LogP contribution >= 0.6 is 22.9 Å². The molecule has 3 rings (SSSR count). The molecule has 1 N–H and O–H groups in total. The quantitative estimate of drug-likeness (QED) is 0.755. The minimum absolute atomic E-state index is 0.0186. The first-order valence-electron chi connectivity index (χ1n) is 6.06. The van der Waals surface area contributed by atoms with E-state index < -0.39 is 10.0 Å². The van der Waals surface area contributed by atoms with Gasteiger partial charge in [0.15, 0.2) is 15.1 Å². The van der Waals surface area contributed by atoms with Crippen LogP contribution in [0.1, 0.15) is 5.69 Å². The summed E-state index contributed by atoms with van der Waals surface area (Å²) in [7, 11) is -1.90. The minimum Gasteiger partial charge on any atom is -0.279 e. The highest BCUT2D eigenvalue weighted by molar-refractivity contribution is 7.89. The van der Waals surface area contributed by atoms with Gasteiger partial charge < -0.3 is 0 Å². The third-order valence-corrected chi connectivity index (χ3v) is 5.64. The van der Waals surface area contributed by atoms with Crippen LogP contribution in [0, 0.1) is 0 Å². The van der Waals surface area contributed by atoms with Crippen molar-refractivity contribution in [2.45, 2.75) is 11.4 Å². The van der Waals surface area contributed by atoms with Gasteiger partial charge in [-0.1, -0.05) is 11.6 Å². The van der Waals surface area contributed by atoms with E-state index >= 15 is 0 Å². The fraction of sp³-hybridized carbons (Fsp3) is 0.273. The number of rotatable bonds is 5. The first-order chi connectivity index (χ1) is 9.99. The van der Waals surface area contributed by atoms with Crippen LogP contribution in [0.3, 0.4) is 0 Å². The molecule has 3 aromatic rings. The molecule has 0 aliphatic carbocycles. The minimum atomic E-state index is -3.71. The predicted molar refractivity (Wildman–Crippen MR) is 80.2 cm³/mol. The standard InChI is InChI=1S/C11H12ClN5O2S2/c1-16-8(2-4-13-16)3-5-14-21(18,19)10-9(12)15-11-17(10)6-7-20-11/h2,4,6-7,14H,3,5H2,1H3. The average Bonchev–Trinajstić information content (AvgIpc) is 3.05. The van der Waals surface area contributed by atoms with E-state index in [1.54, 1.807) is 22.5 Å². The van der Waals surface area contributed by atoms with Crippen molar-refractivity contribution < 1.29 is 8.42 Å². The highest BCUT2D eigenvalue weighted by Gasteiger charge is 2.24. The van der Waals surface area contributed by atoms with Gasteiger partial charge in [0.25, 0.3) is 10.0 Å². The van der Waals surface area contributed by atoms with Gasteiger partial charge >= 0.3 is 0 Å². The number of halogens is 1. The van der Waals surface area contributed by atoms with Gasteiger partial charge in [-0.3, -0.25) is 9.08 Å². The van der Waals surface area contributed by atoms with Crippen LogP contribution in [-0.4, -0.2) is 34.1 Å². The van der Waals surface area contributed by atoms with E-state index in [-0.39, 0.29) is 16.7 Å². The number of aryl methyl sites for hydroxylation is 1. The van der Waals surface area contributed by atoms with E-state index in [1.807, 2.05) is 13.1 Å². The monoisotopic (exact) mass is 345 g/mol. The van der Waals surface area contributed by atoms with E-state index in [0.717, 1.165) is 5.69 Å². The summed E-state index contributed by atoms with van der Waals surface area (Å²) in [6.45, 7) is 0.259. The second-order valence-corrected chi connectivity index (χ2v) is 7.27. The number of nitrogens with zero attached hydrogens (tertiary/aromatic N) is 4. The zero-order valence-corrected chi connectivity index (χ0v) is 13.4. The van der Waals surface area contributed by atoms with Crippen LogP contribution in [0.4, 0.5) is 0 Å². The van der Waals surface area contributed by atoms with Crippen molar-refractivity contribution in [1.82, 2.24) is 23.9 Å². The van der Waals surface area contributed by atoms with Crippen molar-refractivity contribution in [3.05, 3.63) is 34.7 Å². The molecule has 0 aromatic carbocycles. The molecular weight excluding hydrogens is 334 g/mol. The molecule has 7 nitrogen and oxygen atoms in total. The van der Waals surface area contributed by atoms with Gasteiger partial charge in [0, 0.05) is 43.5 Å². The Labute approximate surface area is 130 Å². The molecule has 0 unspecified atom stereocenters. The summed E-state index contributed by atoms with van der Waals surface area (Å²) < 4.78 is 30.4. The molecule has 3 aromatic heterocycles. The van der Waals surface area contributed by atoms with Crippen molar-refractivity contribution in [3.8, 4) is 0 Å². The zero-order chi connectivity index (χ0) is 15.0. The van der Waals surface area contributed by atoms with Crippen molar-refractivity contribution in [2.24, 2.45) is 7.05 Å². The van der Waals surface area contributed by atoms with Crippen molar-refractivity contribution >= 4 is 37.9 Å². The maximum Gasteiger partial charge on any atom is 0.259 e. The Morgan fingerprint density at radius 3 is 3.00 bits per heavy atom. The first kappa shape index (κ1) is 14.5. The van der Waals surface area contributed by atoms with Gasteiger partial charge in [0.2, 0.25) is 0 Å². The predicted octanol–water partition coefficient (Wildman–Crippen LogP) is 1.30. The third kappa shape index (κ3) is 2.69. The van der Waals surface area contributed by atoms with Gasteiger partial charge in [-0.2, -0.15) is 5.10 Å². The van der Waals surface area contributed by atoms with E-state index in [4.69, 9.17) is 11.6 Å². The summed E-state index contributed by atoms with van der Waals surface area (Å²) in [5, 5.41) is 5.75. The summed E-state index contributed by atoms with van der Waals surface area (Å²) in [4.78, 5) is 4.57. The molecule has 21 heavy (non-hydrogen) atoms. The molecule has 112 valence electrons. The SMILES string of the molecule is Cn1nccc1CCNS(=O)(=O)c1c(Cl)nc2sccn12. The lowest BCUT2D eigenvalue weighted by Gasteiger charge is -2.06. The number of imidazole rings is 1. The lowest BCUT2D eigenvalue weighted by Crippen LogP contribution is -2.27. The van der Waals surface area contributed by atoms with E-state index in [9.17, 15) is 8.42 Å². The Kier molecular flexibility index (Phi) is 3.74. The largest absolute Gasteiger partial charge is 0.279 e. The molecule has 0 radical (unpaired) electrons. The van der Waals surface area contributed by atoms with E-state index in [1.165, 1.54) is 15.7 Å². The number of hydrogen-bond donors (Lipinski definition) is 1. The number of fused-ring (bicyclic) bond motifs is 1. The highest BCUT2D eigenvalue weighted by atomic mass is 35.5. The molecule has 10 heteroatoms. The van der Waals surface area contributed by atoms with Gasteiger partial charge in [-0.05, 0) is 6.07 Å². The summed E-state index contributed by atoms with van der Waals surface area (Å²) >= 11 is 7.26. The number of hydrogen-bond acceptors (Lipinski definition) is 5. The summed E-state index contributed by atoms with van der Waals surface area (Å²) in [6, 6.07) is 1.84. The van der Waals surface area contributed by atoms with Crippen molar-refractivity contribution in [3.63, 3.8) is 0 Å². The maximum absolute atomic E-state index is 12.4. The molecule has 0 spiro atoms. The Hall–Kier alpha value is -1.42. The number of aromatic nitrogens is 4. The average molecular weight is 346 g/mol. The lowest BCUT2D eigenvalue weighted by atomic mass is 10.3. The molecule has 0 amide bonds. The topological polar surface area (TPSA) is 81.3 Å². The van der Waals surface area contributed by atoms with Gasteiger partial charge in [0.05, 0.1) is 0 Å². The molecule has 0 atom stereocenters. The van der Waals surface area contributed by atoms with Crippen molar-refractivity contribution in [1.29, 1.82) is 0 Å². The van der Waals surface area contributed by atoms with Crippen LogP contribution in [0.5, 0.6) is 0 Å². The number of thiazole rings is 1. The Morgan fingerprint density at radius 1 is 1.48 bits per heavy atom. The first-order valence-corrected chi connectivity index (χ1v) is 8.81. The Bertz CT molecular complexity index is 880. The smallest absolute Gasteiger partial charge is 0.259 e. The van der Waals surface area contributed by atoms with Crippen LogP contribution < -0.4 is 4.72 Å². The molecular formula is C11H12ClN5O2S2. The van der Waals surface area contributed by atoms with E-state index in [2.05, 4.69) is 14.8 Å². The highest BCUT2D eigenvalue weighted by Crippen LogP contribution is 2.25. The molecule has 0 saturated heterocycles. The summed E-state index contributed by atoms with van der Waals surface area (Å²) in [5.41, 5.74) is 0.942. The fourth-order valence-electron chi connectivity index (χ4n) is 2.01. The Morgan fingerprint density at radius 2 is 2.29 bits per heavy atom. The van der Waals surface area contributed by atoms with Crippen LogP contribution in [0.2, 0.25) is 5.15 Å². The van der Waals surface area contributed by atoms with Gasteiger partial charge in [-0.25, -0.2) is 18.1 Å².